The van der Waals surface area contributed by atoms with E-state index in [2.05, 4.69) is 56.2 Å². The summed E-state index contributed by atoms with van der Waals surface area (Å²) in [4.78, 5) is 2.65. The summed E-state index contributed by atoms with van der Waals surface area (Å²) in [6.45, 7) is 10.4. The smallest absolute Gasteiger partial charge is 0.0449 e. The van der Waals surface area contributed by atoms with Gasteiger partial charge in [-0.1, -0.05) is 37.1 Å². The van der Waals surface area contributed by atoms with E-state index < -0.39 is 0 Å². The van der Waals surface area contributed by atoms with Crippen molar-refractivity contribution in [3.05, 3.63) is 34.9 Å². The Bertz CT molecular complexity index is 427. The molecule has 1 fully saturated rings. The number of nitrogens with one attached hydrogen (secondary N) is 1. The van der Waals surface area contributed by atoms with Crippen LogP contribution in [0.2, 0.25) is 0 Å². The molecule has 1 aliphatic heterocycles. The van der Waals surface area contributed by atoms with Crippen molar-refractivity contribution >= 4 is 0 Å². The molecule has 0 aliphatic carbocycles. The monoisotopic (exact) mass is 274 g/mol. The molecule has 0 spiro atoms. The predicted octanol–water partition coefficient (Wildman–Crippen LogP) is 3.69. The van der Waals surface area contributed by atoms with Crippen LogP contribution in [-0.4, -0.2) is 31.6 Å². The van der Waals surface area contributed by atoms with Gasteiger partial charge in [-0.25, -0.2) is 0 Å². The van der Waals surface area contributed by atoms with E-state index in [0.717, 1.165) is 12.5 Å². The summed E-state index contributed by atoms with van der Waals surface area (Å²) in [5.41, 5.74) is 4.22. The maximum atomic E-state index is 3.52. The Morgan fingerprint density at radius 3 is 2.80 bits per heavy atom. The minimum absolute atomic E-state index is 0.450. The van der Waals surface area contributed by atoms with Crippen molar-refractivity contribution < 1.29 is 0 Å². The summed E-state index contributed by atoms with van der Waals surface area (Å²) in [6.07, 6.45) is 4.10. The Hall–Kier alpha value is -0.860. The van der Waals surface area contributed by atoms with Gasteiger partial charge in [0, 0.05) is 19.1 Å². The first-order chi connectivity index (χ1) is 9.63. The summed E-state index contributed by atoms with van der Waals surface area (Å²) < 4.78 is 0. The number of hydrogen-bond donors (Lipinski definition) is 1. The first kappa shape index (κ1) is 15.5. The fourth-order valence-corrected chi connectivity index (χ4v) is 3.47. The topological polar surface area (TPSA) is 15.3 Å². The molecule has 20 heavy (non-hydrogen) atoms. The maximum absolute atomic E-state index is 3.52. The molecule has 1 aromatic carbocycles. The minimum Gasteiger partial charge on any atom is -0.312 e. The van der Waals surface area contributed by atoms with Crippen LogP contribution in [0.15, 0.2) is 18.2 Å². The quantitative estimate of drug-likeness (QED) is 0.881. The molecule has 2 nitrogen and oxygen atoms in total. The zero-order chi connectivity index (χ0) is 14.5. The number of aryl methyl sites for hydroxylation is 2. The molecule has 2 rings (SSSR count). The lowest BCUT2D eigenvalue weighted by atomic mass is 9.94. The van der Waals surface area contributed by atoms with E-state index in [9.17, 15) is 0 Å². The average molecular weight is 274 g/mol. The lowest BCUT2D eigenvalue weighted by Gasteiger charge is -2.35. The van der Waals surface area contributed by atoms with Gasteiger partial charge in [-0.3, -0.25) is 0 Å². The second-order valence-corrected chi connectivity index (χ2v) is 6.38. The van der Waals surface area contributed by atoms with Gasteiger partial charge in [0.15, 0.2) is 0 Å². The van der Waals surface area contributed by atoms with Crippen LogP contribution in [0.3, 0.4) is 0 Å². The molecule has 2 unspecified atom stereocenters. The molecule has 0 aromatic heterocycles. The summed E-state index contributed by atoms with van der Waals surface area (Å²) in [6, 6.07) is 7.28. The molecule has 1 heterocycles. The highest BCUT2D eigenvalue weighted by Gasteiger charge is 2.22. The third-order valence-electron chi connectivity index (χ3n) is 4.77. The van der Waals surface area contributed by atoms with Crippen LogP contribution >= 0.6 is 0 Å². The fraction of sp³-hybridized carbons (Fsp3) is 0.667. The van der Waals surface area contributed by atoms with E-state index >= 15 is 0 Å². The first-order valence-corrected chi connectivity index (χ1v) is 8.10. The van der Waals surface area contributed by atoms with E-state index in [0.29, 0.717) is 6.04 Å². The molecule has 2 atom stereocenters. The van der Waals surface area contributed by atoms with Crippen LogP contribution in [0.1, 0.15) is 48.9 Å². The normalized spacial score (nSPS) is 21.9. The highest BCUT2D eigenvalue weighted by atomic mass is 15.2. The number of piperidine rings is 1. The molecular weight excluding hydrogens is 244 g/mol. The molecule has 1 saturated heterocycles. The Labute approximate surface area is 124 Å². The first-order valence-electron chi connectivity index (χ1n) is 8.10. The highest BCUT2D eigenvalue weighted by molar-refractivity contribution is 5.33. The molecule has 2 heteroatoms. The molecule has 0 saturated carbocycles. The molecule has 1 aliphatic rings. The van der Waals surface area contributed by atoms with Gasteiger partial charge in [-0.15, -0.1) is 0 Å². The van der Waals surface area contributed by atoms with Crippen molar-refractivity contribution in [2.24, 2.45) is 5.92 Å². The molecule has 0 amide bonds. The van der Waals surface area contributed by atoms with Crippen molar-refractivity contribution in [1.29, 1.82) is 0 Å². The number of nitrogens with zero attached hydrogens (tertiary/aromatic N) is 1. The lowest BCUT2D eigenvalue weighted by molar-refractivity contribution is 0.158. The van der Waals surface area contributed by atoms with Crippen molar-refractivity contribution in [3.8, 4) is 0 Å². The predicted molar refractivity (Wildman–Crippen MR) is 87.2 cm³/mol. The van der Waals surface area contributed by atoms with Gasteiger partial charge in [0.25, 0.3) is 0 Å². The van der Waals surface area contributed by atoms with Crippen LogP contribution in [-0.2, 0) is 0 Å². The van der Waals surface area contributed by atoms with Gasteiger partial charge < -0.3 is 10.2 Å². The largest absolute Gasteiger partial charge is 0.312 e. The molecule has 1 N–H and O–H groups in total. The van der Waals surface area contributed by atoms with Crippen molar-refractivity contribution in [1.82, 2.24) is 10.2 Å². The van der Waals surface area contributed by atoms with Crippen LogP contribution in [0.25, 0.3) is 0 Å². The third-order valence-corrected chi connectivity index (χ3v) is 4.77. The standard InChI is InChI=1S/C18H30N2/c1-5-16-7-6-10-20(12-16)13-18(19-4)17-9-8-14(2)11-15(17)3/h8-9,11,16,18-19H,5-7,10,12-13H2,1-4H3. The SMILES string of the molecule is CCC1CCCN(CC(NC)c2ccc(C)cc2C)C1. The zero-order valence-corrected chi connectivity index (χ0v) is 13.6. The summed E-state index contributed by atoms with van der Waals surface area (Å²) in [5, 5.41) is 3.52. The lowest BCUT2D eigenvalue weighted by Crippen LogP contribution is -2.40. The van der Waals surface area contributed by atoms with Gasteiger partial charge in [-0.05, 0) is 57.3 Å². The van der Waals surface area contributed by atoms with E-state index in [1.807, 2.05) is 0 Å². The van der Waals surface area contributed by atoms with E-state index in [1.54, 1.807) is 0 Å². The van der Waals surface area contributed by atoms with E-state index in [4.69, 9.17) is 0 Å². The van der Waals surface area contributed by atoms with Crippen LogP contribution < -0.4 is 5.32 Å². The van der Waals surface area contributed by atoms with E-state index in [-0.39, 0.29) is 0 Å². The van der Waals surface area contributed by atoms with Gasteiger partial charge in [0.2, 0.25) is 0 Å². The molecule has 1 aromatic rings. The van der Waals surface area contributed by atoms with Crippen LogP contribution in [0, 0.1) is 19.8 Å². The van der Waals surface area contributed by atoms with E-state index in [1.165, 1.54) is 49.0 Å². The summed E-state index contributed by atoms with van der Waals surface area (Å²) in [7, 11) is 2.09. The number of hydrogen-bond acceptors (Lipinski definition) is 2. The van der Waals surface area contributed by atoms with Crippen molar-refractivity contribution in [3.63, 3.8) is 0 Å². The molecule has 0 bridgehead atoms. The fourth-order valence-electron chi connectivity index (χ4n) is 3.47. The number of likely N-dealkylation sites (tertiary alicyclic amines) is 1. The molecule has 0 radical (unpaired) electrons. The highest BCUT2D eigenvalue weighted by Crippen LogP contribution is 2.24. The second kappa shape index (κ2) is 7.24. The van der Waals surface area contributed by atoms with Crippen LogP contribution in [0.5, 0.6) is 0 Å². The molecular formula is C18H30N2. The third kappa shape index (κ3) is 3.83. The van der Waals surface area contributed by atoms with Gasteiger partial charge in [0.1, 0.15) is 0 Å². The average Bonchev–Trinajstić information content (AvgIpc) is 2.45. The van der Waals surface area contributed by atoms with Gasteiger partial charge >= 0.3 is 0 Å². The summed E-state index contributed by atoms with van der Waals surface area (Å²) in [5.74, 6) is 0.903. The van der Waals surface area contributed by atoms with Crippen LogP contribution in [0.4, 0.5) is 0 Å². The summed E-state index contributed by atoms with van der Waals surface area (Å²) >= 11 is 0. The Balaban J connectivity index is 2.04. The Morgan fingerprint density at radius 2 is 2.15 bits per heavy atom. The zero-order valence-electron chi connectivity index (χ0n) is 13.6. The second-order valence-electron chi connectivity index (χ2n) is 6.38. The number of benzene rings is 1. The number of rotatable bonds is 5. The van der Waals surface area contributed by atoms with Gasteiger partial charge in [0.05, 0.1) is 0 Å². The Kier molecular flexibility index (Phi) is 5.62. The van der Waals surface area contributed by atoms with Crippen molar-refractivity contribution in [2.75, 3.05) is 26.7 Å². The van der Waals surface area contributed by atoms with Crippen molar-refractivity contribution in [2.45, 2.75) is 46.1 Å². The molecule has 112 valence electrons. The Morgan fingerprint density at radius 1 is 1.35 bits per heavy atom. The van der Waals surface area contributed by atoms with Gasteiger partial charge in [-0.2, -0.15) is 0 Å². The maximum Gasteiger partial charge on any atom is 0.0449 e. The minimum atomic E-state index is 0.450. The number of likely N-dealkylation sites (N-methyl/N-ethyl adjacent to an activating group) is 1.